The SMILES string of the molecule is COc1cc(C=O)ccc1OCC(=O)OCC(=O)Nc1cccc(Cl)c1. The second-order valence-electron chi connectivity index (χ2n) is 5.04. The first kappa shape index (κ1) is 19.3. The van der Waals surface area contributed by atoms with Crippen molar-refractivity contribution in [2.45, 2.75) is 0 Å². The van der Waals surface area contributed by atoms with Gasteiger partial charge < -0.3 is 19.5 Å². The molecule has 0 aliphatic rings. The Morgan fingerprint density at radius 1 is 1.12 bits per heavy atom. The third-order valence-corrected chi connectivity index (χ3v) is 3.38. The highest BCUT2D eigenvalue weighted by Gasteiger charge is 2.11. The van der Waals surface area contributed by atoms with Gasteiger partial charge in [0.1, 0.15) is 6.29 Å². The van der Waals surface area contributed by atoms with Crippen LogP contribution in [0.2, 0.25) is 5.02 Å². The number of hydrogen-bond donors (Lipinski definition) is 1. The van der Waals surface area contributed by atoms with Crippen LogP contribution in [0.3, 0.4) is 0 Å². The molecule has 0 spiro atoms. The number of carbonyl (C=O) groups excluding carboxylic acids is 3. The molecular weight excluding hydrogens is 362 g/mol. The monoisotopic (exact) mass is 377 g/mol. The Hall–Kier alpha value is -3.06. The molecule has 0 heterocycles. The molecule has 2 aromatic rings. The highest BCUT2D eigenvalue weighted by molar-refractivity contribution is 6.30. The molecule has 136 valence electrons. The number of aldehydes is 1. The molecule has 0 aliphatic heterocycles. The van der Waals surface area contributed by atoms with Crippen molar-refractivity contribution in [2.24, 2.45) is 0 Å². The van der Waals surface area contributed by atoms with E-state index in [4.69, 9.17) is 25.8 Å². The van der Waals surface area contributed by atoms with E-state index in [2.05, 4.69) is 5.32 Å². The van der Waals surface area contributed by atoms with Gasteiger partial charge in [-0.2, -0.15) is 0 Å². The van der Waals surface area contributed by atoms with Gasteiger partial charge in [0.05, 0.1) is 7.11 Å². The number of ether oxygens (including phenoxy) is 3. The van der Waals surface area contributed by atoms with Gasteiger partial charge in [-0.1, -0.05) is 17.7 Å². The second kappa shape index (κ2) is 9.43. The lowest BCUT2D eigenvalue weighted by Crippen LogP contribution is -2.23. The molecule has 7 nitrogen and oxygen atoms in total. The predicted octanol–water partition coefficient (Wildman–Crippen LogP) is 2.72. The van der Waals surface area contributed by atoms with Gasteiger partial charge in [0.15, 0.2) is 24.7 Å². The van der Waals surface area contributed by atoms with Crippen LogP contribution in [-0.4, -0.2) is 38.5 Å². The fourth-order valence-corrected chi connectivity index (χ4v) is 2.15. The van der Waals surface area contributed by atoms with Gasteiger partial charge in [-0.15, -0.1) is 0 Å². The molecule has 0 bridgehead atoms. The molecule has 0 fully saturated rings. The average Bonchev–Trinajstić information content (AvgIpc) is 2.64. The summed E-state index contributed by atoms with van der Waals surface area (Å²) in [6.45, 7) is -0.878. The van der Waals surface area contributed by atoms with Crippen LogP contribution in [0.15, 0.2) is 42.5 Å². The first-order valence-electron chi connectivity index (χ1n) is 7.49. The van der Waals surface area contributed by atoms with Crippen LogP contribution >= 0.6 is 11.6 Å². The van der Waals surface area contributed by atoms with Crippen LogP contribution < -0.4 is 14.8 Å². The lowest BCUT2D eigenvalue weighted by atomic mass is 10.2. The molecule has 0 radical (unpaired) electrons. The Labute approximate surface area is 154 Å². The number of benzene rings is 2. The van der Waals surface area contributed by atoms with Crippen molar-refractivity contribution in [3.05, 3.63) is 53.1 Å². The van der Waals surface area contributed by atoms with Gasteiger partial charge in [0.2, 0.25) is 0 Å². The number of esters is 1. The summed E-state index contributed by atoms with van der Waals surface area (Å²) in [5, 5.41) is 3.02. The average molecular weight is 378 g/mol. The Kier molecular flexibility index (Phi) is 6.99. The summed E-state index contributed by atoms with van der Waals surface area (Å²) in [6, 6.07) is 11.1. The van der Waals surface area contributed by atoms with Gasteiger partial charge in [0.25, 0.3) is 5.91 Å². The Bertz CT molecular complexity index is 808. The molecule has 1 N–H and O–H groups in total. The third-order valence-electron chi connectivity index (χ3n) is 3.14. The van der Waals surface area contributed by atoms with E-state index in [-0.39, 0.29) is 5.75 Å². The van der Waals surface area contributed by atoms with Crippen LogP contribution in [0.1, 0.15) is 10.4 Å². The van der Waals surface area contributed by atoms with Crippen LogP contribution in [0, 0.1) is 0 Å². The van der Waals surface area contributed by atoms with Crippen LogP contribution in [-0.2, 0) is 14.3 Å². The maximum Gasteiger partial charge on any atom is 0.344 e. The number of anilines is 1. The smallest absolute Gasteiger partial charge is 0.344 e. The fourth-order valence-electron chi connectivity index (χ4n) is 1.96. The minimum absolute atomic E-state index is 0.276. The zero-order valence-electron chi connectivity index (χ0n) is 13.9. The van der Waals surface area contributed by atoms with E-state index in [9.17, 15) is 14.4 Å². The number of hydrogen-bond acceptors (Lipinski definition) is 6. The number of rotatable bonds is 8. The molecule has 2 aromatic carbocycles. The first-order valence-corrected chi connectivity index (χ1v) is 7.86. The summed E-state index contributed by atoms with van der Waals surface area (Å²) in [7, 11) is 1.41. The summed E-state index contributed by atoms with van der Waals surface area (Å²) in [5.41, 5.74) is 0.907. The van der Waals surface area contributed by atoms with Crippen molar-refractivity contribution in [2.75, 3.05) is 25.6 Å². The van der Waals surface area contributed by atoms with Gasteiger partial charge in [-0.3, -0.25) is 9.59 Å². The highest BCUT2D eigenvalue weighted by atomic mass is 35.5. The molecule has 26 heavy (non-hydrogen) atoms. The summed E-state index contributed by atoms with van der Waals surface area (Å²) in [4.78, 5) is 34.2. The second-order valence-corrected chi connectivity index (χ2v) is 5.47. The van der Waals surface area contributed by atoms with E-state index in [1.54, 1.807) is 24.3 Å². The van der Waals surface area contributed by atoms with Gasteiger partial charge in [0, 0.05) is 16.3 Å². The van der Waals surface area contributed by atoms with E-state index in [0.717, 1.165) is 0 Å². The van der Waals surface area contributed by atoms with Crippen LogP contribution in [0.25, 0.3) is 0 Å². The maximum absolute atomic E-state index is 11.7. The molecule has 0 unspecified atom stereocenters. The van der Waals surface area contributed by atoms with E-state index in [1.807, 2.05) is 0 Å². The number of carbonyl (C=O) groups is 3. The minimum Gasteiger partial charge on any atom is -0.493 e. The number of methoxy groups -OCH3 is 1. The molecule has 2 rings (SSSR count). The largest absolute Gasteiger partial charge is 0.493 e. The number of halogens is 1. The zero-order valence-corrected chi connectivity index (χ0v) is 14.6. The maximum atomic E-state index is 11.7. The van der Waals surface area contributed by atoms with Gasteiger partial charge >= 0.3 is 5.97 Å². The molecule has 0 aromatic heterocycles. The Balaban J connectivity index is 1.80. The fraction of sp³-hybridized carbons (Fsp3) is 0.167. The topological polar surface area (TPSA) is 90.9 Å². The molecule has 1 amide bonds. The van der Waals surface area contributed by atoms with Crippen molar-refractivity contribution >= 4 is 35.5 Å². The first-order chi connectivity index (χ1) is 12.5. The molecule has 0 atom stereocenters. The van der Waals surface area contributed by atoms with Crippen molar-refractivity contribution in [3.63, 3.8) is 0 Å². The van der Waals surface area contributed by atoms with E-state index < -0.39 is 25.1 Å². The van der Waals surface area contributed by atoms with E-state index in [0.29, 0.717) is 28.3 Å². The standard InChI is InChI=1S/C18H16ClNO6/c1-24-16-7-12(9-21)5-6-15(16)25-11-18(23)26-10-17(22)20-14-4-2-3-13(19)8-14/h2-9H,10-11H2,1H3,(H,20,22). The van der Waals surface area contributed by atoms with Crippen molar-refractivity contribution in [3.8, 4) is 11.5 Å². The quantitative estimate of drug-likeness (QED) is 0.562. The lowest BCUT2D eigenvalue weighted by Gasteiger charge is -2.11. The van der Waals surface area contributed by atoms with E-state index >= 15 is 0 Å². The van der Waals surface area contributed by atoms with Crippen molar-refractivity contribution in [1.82, 2.24) is 0 Å². The van der Waals surface area contributed by atoms with Gasteiger partial charge in [-0.25, -0.2) is 4.79 Å². The molecule has 0 aliphatic carbocycles. The normalized spacial score (nSPS) is 9.92. The van der Waals surface area contributed by atoms with Crippen LogP contribution in [0.5, 0.6) is 11.5 Å². The Morgan fingerprint density at radius 2 is 1.92 bits per heavy atom. The summed E-state index contributed by atoms with van der Waals surface area (Å²) in [6.07, 6.45) is 0.666. The third kappa shape index (κ3) is 5.78. The van der Waals surface area contributed by atoms with Crippen molar-refractivity contribution < 1.29 is 28.6 Å². The van der Waals surface area contributed by atoms with Gasteiger partial charge in [-0.05, 0) is 36.4 Å². The number of nitrogens with one attached hydrogen (secondary N) is 1. The molecule has 0 saturated heterocycles. The zero-order chi connectivity index (χ0) is 18.9. The molecular formula is C18H16ClNO6. The minimum atomic E-state index is -0.729. The highest BCUT2D eigenvalue weighted by Crippen LogP contribution is 2.27. The number of amides is 1. The van der Waals surface area contributed by atoms with E-state index in [1.165, 1.54) is 25.3 Å². The molecule has 0 saturated carbocycles. The van der Waals surface area contributed by atoms with Crippen molar-refractivity contribution in [1.29, 1.82) is 0 Å². The van der Waals surface area contributed by atoms with Crippen LogP contribution in [0.4, 0.5) is 5.69 Å². The summed E-state index contributed by atoms with van der Waals surface area (Å²) < 4.78 is 15.2. The lowest BCUT2D eigenvalue weighted by molar-refractivity contribution is -0.149. The Morgan fingerprint density at radius 3 is 2.62 bits per heavy atom. The predicted molar refractivity (Wildman–Crippen MR) is 94.9 cm³/mol. The summed E-state index contributed by atoms with van der Waals surface area (Å²) >= 11 is 5.82. The molecule has 8 heteroatoms. The summed E-state index contributed by atoms with van der Waals surface area (Å²) in [5.74, 6) is -0.652.